The zero-order valence-electron chi connectivity index (χ0n) is 12.6. The first-order valence-electron chi connectivity index (χ1n) is 7.42. The molecule has 2 unspecified atom stereocenters. The number of anilines is 1. The third kappa shape index (κ3) is 3.49. The van der Waals surface area contributed by atoms with Crippen LogP contribution in [0.5, 0.6) is 0 Å². The molecule has 1 aliphatic rings. The van der Waals surface area contributed by atoms with Gasteiger partial charge in [-0.15, -0.1) is 0 Å². The summed E-state index contributed by atoms with van der Waals surface area (Å²) in [6.45, 7) is 8.25. The van der Waals surface area contributed by atoms with Crippen molar-refractivity contribution in [3.8, 4) is 0 Å². The molecule has 2 N–H and O–H groups in total. The van der Waals surface area contributed by atoms with Gasteiger partial charge in [-0.2, -0.15) is 0 Å². The van der Waals surface area contributed by atoms with Gasteiger partial charge in [-0.05, 0) is 24.5 Å². The number of halogens is 1. The van der Waals surface area contributed by atoms with Crippen LogP contribution in [0.1, 0.15) is 32.8 Å². The molecule has 0 saturated carbocycles. The molecule has 1 aromatic carbocycles. The van der Waals surface area contributed by atoms with Gasteiger partial charge in [-0.1, -0.05) is 26.8 Å². The molecule has 1 aromatic rings. The average Bonchev–Trinajstić information content (AvgIpc) is 2.40. The lowest BCUT2D eigenvalue weighted by molar-refractivity contribution is 0.0970. The molecule has 0 bridgehead atoms. The Labute approximate surface area is 120 Å². The average molecular weight is 280 g/mol. The topological polar surface area (TPSA) is 35.5 Å². The summed E-state index contributed by atoms with van der Waals surface area (Å²) in [5, 5.41) is 13.1. The first kappa shape index (κ1) is 15.3. The van der Waals surface area contributed by atoms with Crippen LogP contribution in [0.15, 0.2) is 18.2 Å². The Kier molecular flexibility index (Phi) is 5.00. The summed E-state index contributed by atoms with van der Waals surface area (Å²) in [7, 11) is 0. The fraction of sp³-hybridized carbons (Fsp3) is 0.625. The minimum absolute atomic E-state index is 0.158. The lowest BCUT2D eigenvalue weighted by Gasteiger charge is -2.37. The minimum Gasteiger partial charge on any atom is -0.393 e. The molecule has 0 amide bonds. The normalized spacial score (nSPS) is 23.4. The predicted molar refractivity (Wildman–Crippen MR) is 80.4 cm³/mol. The van der Waals surface area contributed by atoms with E-state index in [4.69, 9.17) is 0 Å². The summed E-state index contributed by atoms with van der Waals surface area (Å²) < 4.78 is 14.1. The van der Waals surface area contributed by atoms with Crippen molar-refractivity contribution in [2.75, 3.05) is 18.0 Å². The van der Waals surface area contributed by atoms with Gasteiger partial charge in [0.1, 0.15) is 5.82 Å². The van der Waals surface area contributed by atoms with E-state index in [9.17, 15) is 9.50 Å². The van der Waals surface area contributed by atoms with Gasteiger partial charge in [0.15, 0.2) is 0 Å². The number of nitrogens with zero attached hydrogens (tertiary/aromatic N) is 1. The number of hydrogen-bond acceptors (Lipinski definition) is 3. The van der Waals surface area contributed by atoms with Crippen LogP contribution in [0, 0.1) is 11.7 Å². The van der Waals surface area contributed by atoms with E-state index >= 15 is 0 Å². The highest BCUT2D eigenvalue weighted by molar-refractivity contribution is 5.54. The number of aliphatic hydroxyl groups excluding tert-OH is 1. The Hall–Kier alpha value is -1.13. The van der Waals surface area contributed by atoms with Gasteiger partial charge in [0, 0.05) is 36.9 Å². The second-order valence-corrected chi connectivity index (χ2v) is 6.05. The van der Waals surface area contributed by atoms with Crippen LogP contribution in [0.25, 0.3) is 0 Å². The molecule has 1 saturated heterocycles. The van der Waals surface area contributed by atoms with E-state index in [1.807, 2.05) is 13.0 Å². The maximum Gasteiger partial charge on any atom is 0.129 e. The summed E-state index contributed by atoms with van der Waals surface area (Å²) in [4.78, 5) is 2.19. The van der Waals surface area contributed by atoms with Crippen molar-refractivity contribution in [2.45, 2.75) is 45.9 Å². The lowest BCUT2D eigenvalue weighted by atomic mass is 9.95. The first-order valence-corrected chi connectivity index (χ1v) is 7.42. The van der Waals surface area contributed by atoms with E-state index in [2.05, 4.69) is 24.1 Å². The van der Waals surface area contributed by atoms with Crippen LogP contribution in [0.4, 0.5) is 10.1 Å². The van der Waals surface area contributed by atoms with Crippen LogP contribution >= 0.6 is 0 Å². The van der Waals surface area contributed by atoms with Crippen LogP contribution in [-0.4, -0.2) is 30.3 Å². The van der Waals surface area contributed by atoms with Gasteiger partial charge < -0.3 is 15.3 Å². The molecular formula is C16H25FN2O. The third-order valence-corrected chi connectivity index (χ3v) is 3.98. The summed E-state index contributed by atoms with van der Waals surface area (Å²) in [5.74, 6) is 0.0624. The molecule has 0 aliphatic carbocycles. The number of aliphatic hydroxyl groups is 1. The molecule has 1 heterocycles. The number of hydrogen-bond donors (Lipinski definition) is 2. The number of piperidine rings is 1. The Bertz CT molecular complexity index is 450. The summed E-state index contributed by atoms with van der Waals surface area (Å²) >= 11 is 0. The zero-order chi connectivity index (χ0) is 14.7. The molecule has 2 rings (SSSR count). The van der Waals surface area contributed by atoms with E-state index in [0.29, 0.717) is 12.6 Å². The highest BCUT2D eigenvalue weighted by atomic mass is 19.1. The maximum atomic E-state index is 14.1. The van der Waals surface area contributed by atoms with Gasteiger partial charge in [0.2, 0.25) is 0 Å². The van der Waals surface area contributed by atoms with Crippen molar-refractivity contribution in [3.05, 3.63) is 29.6 Å². The molecule has 0 radical (unpaired) electrons. The standard InChI is InChI=1S/C16H25FN2O/c1-11(2)18-9-13-14(17)5-4-6-15(13)19-8-7-16(20)12(3)10-19/h4-6,11-12,16,18,20H,7-10H2,1-3H3. The largest absolute Gasteiger partial charge is 0.393 e. The van der Waals surface area contributed by atoms with Crippen molar-refractivity contribution < 1.29 is 9.50 Å². The van der Waals surface area contributed by atoms with Crippen LogP contribution < -0.4 is 10.2 Å². The van der Waals surface area contributed by atoms with Gasteiger partial charge >= 0.3 is 0 Å². The first-order chi connectivity index (χ1) is 9.49. The molecule has 3 nitrogen and oxygen atoms in total. The monoisotopic (exact) mass is 280 g/mol. The van der Waals surface area contributed by atoms with Crippen molar-refractivity contribution in [1.82, 2.24) is 5.32 Å². The summed E-state index contributed by atoms with van der Waals surface area (Å²) in [6, 6.07) is 5.58. The fourth-order valence-corrected chi connectivity index (χ4v) is 2.68. The van der Waals surface area contributed by atoms with Gasteiger partial charge in [0.25, 0.3) is 0 Å². The molecule has 112 valence electrons. The van der Waals surface area contributed by atoms with Crippen molar-refractivity contribution in [2.24, 2.45) is 5.92 Å². The number of nitrogens with one attached hydrogen (secondary N) is 1. The second-order valence-electron chi connectivity index (χ2n) is 6.05. The van der Waals surface area contributed by atoms with E-state index in [1.165, 1.54) is 6.07 Å². The molecule has 1 fully saturated rings. The summed E-state index contributed by atoms with van der Waals surface area (Å²) in [6.07, 6.45) is 0.506. The van der Waals surface area contributed by atoms with Crippen LogP contribution in [0.2, 0.25) is 0 Å². The molecule has 2 atom stereocenters. The highest BCUT2D eigenvalue weighted by Gasteiger charge is 2.26. The second kappa shape index (κ2) is 6.55. The van der Waals surface area contributed by atoms with Crippen molar-refractivity contribution in [1.29, 1.82) is 0 Å². The quantitative estimate of drug-likeness (QED) is 0.889. The predicted octanol–water partition coefficient (Wildman–Crippen LogP) is 2.53. The van der Waals surface area contributed by atoms with Crippen molar-refractivity contribution >= 4 is 5.69 Å². The Morgan fingerprint density at radius 1 is 1.45 bits per heavy atom. The molecule has 1 aliphatic heterocycles. The molecule has 20 heavy (non-hydrogen) atoms. The Morgan fingerprint density at radius 2 is 2.20 bits per heavy atom. The smallest absolute Gasteiger partial charge is 0.129 e. The highest BCUT2D eigenvalue weighted by Crippen LogP contribution is 2.28. The Balaban J connectivity index is 2.20. The van der Waals surface area contributed by atoms with Gasteiger partial charge in [-0.3, -0.25) is 0 Å². The van der Waals surface area contributed by atoms with Gasteiger partial charge in [-0.25, -0.2) is 4.39 Å². The molecule has 0 aromatic heterocycles. The molecule has 0 spiro atoms. The summed E-state index contributed by atoms with van der Waals surface area (Å²) in [5.41, 5.74) is 1.68. The molecular weight excluding hydrogens is 255 g/mol. The zero-order valence-corrected chi connectivity index (χ0v) is 12.6. The van der Waals surface area contributed by atoms with Gasteiger partial charge in [0.05, 0.1) is 6.10 Å². The van der Waals surface area contributed by atoms with E-state index in [-0.39, 0.29) is 17.8 Å². The lowest BCUT2D eigenvalue weighted by Crippen LogP contribution is -2.42. The number of benzene rings is 1. The Morgan fingerprint density at radius 3 is 2.85 bits per heavy atom. The van der Waals surface area contributed by atoms with Crippen molar-refractivity contribution in [3.63, 3.8) is 0 Å². The SMILES string of the molecule is CC(C)NCc1c(F)cccc1N1CCC(O)C(C)C1. The molecule has 4 heteroatoms. The fourth-order valence-electron chi connectivity index (χ4n) is 2.68. The van der Waals surface area contributed by atoms with E-state index in [1.54, 1.807) is 6.07 Å². The maximum absolute atomic E-state index is 14.1. The van der Waals surface area contributed by atoms with Crippen LogP contribution in [0.3, 0.4) is 0 Å². The minimum atomic E-state index is -0.239. The van der Waals surface area contributed by atoms with E-state index in [0.717, 1.165) is 30.8 Å². The third-order valence-electron chi connectivity index (χ3n) is 3.98. The van der Waals surface area contributed by atoms with E-state index < -0.39 is 0 Å². The van der Waals surface area contributed by atoms with Crippen LogP contribution in [-0.2, 0) is 6.54 Å². The number of rotatable bonds is 4.